The standard InChI is InChI=1S/C12H10N2O2.C8H6N4O2/c1-9-3-5-10(6-4-9)14-12(16)8-7-11(15)13-2;1-5-3-4-6(12-11-5)10-8(14)7(13)9-2/h3-8H,1-2H2;3-4H,1-2H2/b8-7+;. The van der Waals surface area contributed by atoms with Gasteiger partial charge in [0.25, 0.3) is 11.8 Å². The number of hydrogen-bond acceptors (Lipinski definition) is 5. The van der Waals surface area contributed by atoms with Gasteiger partial charge < -0.3 is 0 Å². The normalized spacial score (nSPS) is 15.6. The highest BCUT2D eigenvalue weighted by atomic mass is 16.2. The van der Waals surface area contributed by atoms with Crippen molar-refractivity contribution in [3.8, 4) is 0 Å². The van der Waals surface area contributed by atoms with E-state index in [1.807, 2.05) is 0 Å². The van der Waals surface area contributed by atoms with Crippen molar-refractivity contribution in [2.75, 3.05) is 0 Å². The molecule has 4 amide bonds. The smallest absolute Gasteiger partial charge is 0.268 e. The van der Waals surface area contributed by atoms with Gasteiger partial charge in [0.2, 0.25) is 0 Å². The summed E-state index contributed by atoms with van der Waals surface area (Å²) >= 11 is 0. The summed E-state index contributed by atoms with van der Waals surface area (Å²) in [5.41, 5.74) is 1.80. The SMILES string of the molecule is C=NC(=O)/C=C/C(=O)N=C1C=CC(=C)C=C1.C=NC(=O)C(=O)N=C1C=CC(=C)N=N1. The van der Waals surface area contributed by atoms with Crippen LogP contribution in [0.25, 0.3) is 0 Å². The van der Waals surface area contributed by atoms with E-state index in [1.54, 1.807) is 24.3 Å². The molecule has 2 rings (SSSR count). The number of allylic oxidation sites excluding steroid dienone is 6. The third kappa shape index (κ3) is 8.86. The van der Waals surface area contributed by atoms with Crippen molar-refractivity contribution < 1.29 is 19.2 Å². The molecule has 0 fully saturated rings. The number of carbonyl (C=O) groups is 4. The molecule has 1 heterocycles. The Morgan fingerprint density at radius 1 is 0.733 bits per heavy atom. The lowest BCUT2D eigenvalue weighted by Crippen LogP contribution is -2.10. The average Bonchev–Trinajstić information content (AvgIpc) is 2.75. The van der Waals surface area contributed by atoms with Gasteiger partial charge in [-0.1, -0.05) is 25.3 Å². The minimum absolute atomic E-state index is 0.0411. The number of rotatable bonds is 2. The molecule has 0 radical (unpaired) electrons. The number of aliphatic imine (C=N–C) groups is 4. The van der Waals surface area contributed by atoms with Crippen molar-refractivity contribution in [3.05, 3.63) is 73.0 Å². The maximum Gasteiger partial charge on any atom is 0.339 e. The second-order valence-electron chi connectivity index (χ2n) is 5.21. The van der Waals surface area contributed by atoms with Gasteiger partial charge in [-0.25, -0.2) is 15.0 Å². The lowest BCUT2D eigenvalue weighted by atomic mass is 10.1. The van der Waals surface area contributed by atoms with Gasteiger partial charge in [0.1, 0.15) is 0 Å². The molecule has 0 saturated heterocycles. The van der Waals surface area contributed by atoms with Crippen LogP contribution < -0.4 is 0 Å². The number of amides is 4. The molecule has 150 valence electrons. The van der Waals surface area contributed by atoms with Gasteiger partial charge in [-0.05, 0) is 43.3 Å². The molecular formula is C20H16N6O4. The third-order valence-electron chi connectivity index (χ3n) is 2.95. The molecule has 10 nitrogen and oxygen atoms in total. The van der Waals surface area contributed by atoms with Crippen molar-refractivity contribution in [1.82, 2.24) is 0 Å². The van der Waals surface area contributed by atoms with E-state index in [1.165, 1.54) is 12.2 Å². The molecule has 1 aliphatic heterocycles. The van der Waals surface area contributed by atoms with Gasteiger partial charge in [-0.15, -0.1) is 10.2 Å². The Balaban J connectivity index is 0.000000303. The number of hydrogen-bond donors (Lipinski definition) is 0. The number of carbonyl (C=O) groups excluding carboxylic acids is 4. The quantitative estimate of drug-likeness (QED) is 0.394. The second kappa shape index (κ2) is 12.0. The Kier molecular flexibility index (Phi) is 9.36. The average molecular weight is 404 g/mol. The Labute approximate surface area is 171 Å². The molecule has 0 N–H and O–H groups in total. The van der Waals surface area contributed by atoms with Crippen molar-refractivity contribution in [3.63, 3.8) is 0 Å². The lowest BCUT2D eigenvalue weighted by Gasteiger charge is -1.98. The molecule has 0 aromatic rings. The van der Waals surface area contributed by atoms with E-state index >= 15 is 0 Å². The van der Waals surface area contributed by atoms with Crippen LogP contribution in [-0.2, 0) is 19.2 Å². The van der Waals surface area contributed by atoms with Crippen LogP contribution in [-0.4, -0.2) is 48.6 Å². The molecule has 0 spiro atoms. The Hall–Kier alpha value is -4.60. The summed E-state index contributed by atoms with van der Waals surface area (Å²) in [6, 6.07) is 0. The highest BCUT2D eigenvalue weighted by molar-refractivity contribution is 6.38. The second-order valence-corrected chi connectivity index (χ2v) is 5.21. The Morgan fingerprint density at radius 2 is 1.37 bits per heavy atom. The van der Waals surface area contributed by atoms with Crippen LogP contribution in [0, 0.1) is 0 Å². The minimum Gasteiger partial charge on any atom is -0.268 e. The molecule has 0 aromatic carbocycles. The van der Waals surface area contributed by atoms with E-state index < -0.39 is 23.6 Å². The largest absolute Gasteiger partial charge is 0.339 e. The van der Waals surface area contributed by atoms with Crippen molar-refractivity contribution in [2.45, 2.75) is 0 Å². The van der Waals surface area contributed by atoms with Gasteiger partial charge in [0, 0.05) is 12.2 Å². The van der Waals surface area contributed by atoms with E-state index in [0.29, 0.717) is 11.4 Å². The fourth-order valence-electron chi connectivity index (χ4n) is 1.56. The zero-order chi connectivity index (χ0) is 22.5. The molecular weight excluding hydrogens is 388 g/mol. The summed E-state index contributed by atoms with van der Waals surface area (Å²) in [5.74, 6) is -3.10. The van der Waals surface area contributed by atoms with E-state index in [0.717, 1.165) is 17.7 Å². The van der Waals surface area contributed by atoms with E-state index in [4.69, 9.17) is 0 Å². The van der Waals surface area contributed by atoms with Crippen LogP contribution in [0.15, 0.2) is 103 Å². The maximum absolute atomic E-state index is 11.2. The predicted molar refractivity (Wildman–Crippen MR) is 114 cm³/mol. The van der Waals surface area contributed by atoms with Gasteiger partial charge >= 0.3 is 11.8 Å². The molecule has 0 saturated carbocycles. The van der Waals surface area contributed by atoms with Crippen molar-refractivity contribution in [2.24, 2.45) is 30.2 Å². The summed E-state index contributed by atoms with van der Waals surface area (Å²) in [7, 11) is 0. The first-order chi connectivity index (χ1) is 14.2. The van der Waals surface area contributed by atoms with Crippen LogP contribution in [0.5, 0.6) is 0 Å². The molecule has 1 aliphatic carbocycles. The first kappa shape index (κ1) is 23.4. The highest BCUT2D eigenvalue weighted by Gasteiger charge is 2.11. The predicted octanol–water partition coefficient (Wildman–Crippen LogP) is 2.09. The molecule has 0 atom stereocenters. The zero-order valence-corrected chi connectivity index (χ0v) is 15.8. The van der Waals surface area contributed by atoms with Gasteiger partial charge in [0.05, 0.1) is 11.4 Å². The van der Waals surface area contributed by atoms with Crippen LogP contribution in [0.2, 0.25) is 0 Å². The number of nitrogens with zero attached hydrogens (tertiary/aromatic N) is 6. The first-order valence-electron chi connectivity index (χ1n) is 8.04. The van der Waals surface area contributed by atoms with Crippen molar-refractivity contribution >= 4 is 48.6 Å². The third-order valence-corrected chi connectivity index (χ3v) is 2.95. The van der Waals surface area contributed by atoms with Crippen LogP contribution >= 0.6 is 0 Å². The van der Waals surface area contributed by atoms with Crippen LogP contribution in [0.1, 0.15) is 0 Å². The Bertz CT molecular complexity index is 1000. The van der Waals surface area contributed by atoms with E-state index in [2.05, 4.69) is 56.8 Å². The number of amidine groups is 1. The monoisotopic (exact) mass is 404 g/mol. The summed E-state index contributed by atoms with van der Waals surface area (Å²) in [6.45, 7) is 13.1. The molecule has 0 unspecified atom stereocenters. The van der Waals surface area contributed by atoms with Gasteiger partial charge in [0.15, 0.2) is 5.84 Å². The van der Waals surface area contributed by atoms with Crippen molar-refractivity contribution in [1.29, 1.82) is 0 Å². The molecule has 2 aliphatic rings. The topological polar surface area (TPSA) is 142 Å². The molecule has 30 heavy (non-hydrogen) atoms. The lowest BCUT2D eigenvalue weighted by molar-refractivity contribution is -0.134. The first-order valence-corrected chi connectivity index (χ1v) is 8.04. The Morgan fingerprint density at radius 3 is 1.90 bits per heavy atom. The van der Waals surface area contributed by atoms with Crippen LogP contribution in [0.3, 0.4) is 0 Å². The summed E-state index contributed by atoms with van der Waals surface area (Å²) in [6.07, 6.45) is 11.8. The van der Waals surface area contributed by atoms with E-state index in [-0.39, 0.29) is 5.84 Å². The van der Waals surface area contributed by atoms with Gasteiger partial charge in [-0.3, -0.25) is 19.2 Å². The minimum atomic E-state index is -1.02. The zero-order valence-electron chi connectivity index (χ0n) is 15.8. The van der Waals surface area contributed by atoms with Crippen LogP contribution in [0.4, 0.5) is 0 Å². The summed E-state index contributed by atoms with van der Waals surface area (Å²) in [5, 5.41) is 7.07. The molecule has 0 bridgehead atoms. The van der Waals surface area contributed by atoms with Gasteiger partial charge in [-0.2, -0.15) is 4.99 Å². The fourth-order valence-corrected chi connectivity index (χ4v) is 1.56. The highest BCUT2D eigenvalue weighted by Crippen LogP contribution is 2.05. The summed E-state index contributed by atoms with van der Waals surface area (Å²) in [4.78, 5) is 56.6. The fraction of sp³-hybridized carbons (Fsp3) is 0. The maximum atomic E-state index is 11.2. The number of azo groups is 1. The van der Waals surface area contributed by atoms with E-state index in [9.17, 15) is 19.2 Å². The molecule has 0 aromatic heterocycles. The summed E-state index contributed by atoms with van der Waals surface area (Å²) < 4.78 is 0. The molecule has 10 heteroatoms.